The van der Waals surface area contributed by atoms with E-state index in [0.717, 1.165) is 5.56 Å². The van der Waals surface area contributed by atoms with Crippen LogP contribution in [0.3, 0.4) is 0 Å². The Bertz CT molecular complexity index is 940. The van der Waals surface area contributed by atoms with Gasteiger partial charge in [-0.3, -0.25) is 4.90 Å². The van der Waals surface area contributed by atoms with Crippen LogP contribution in [-0.2, 0) is 10.1 Å². The van der Waals surface area contributed by atoms with Gasteiger partial charge in [-0.15, -0.1) is 0 Å². The van der Waals surface area contributed by atoms with Gasteiger partial charge in [0, 0.05) is 5.69 Å². The molecule has 0 aliphatic carbocycles. The SMILES string of the molecule is COc1ccc(C2=NC(=O)N(c3ccc(S(=O)(=O)[O-])cc3)C2C)cc1.[K+]. The summed E-state index contributed by atoms with van der Waals surface area (Å²) >= 11 is 0. The van der Waals surface area contributed by atoms with Crippen LogP contribution in [0.1, 0.15) is 12.5 Å². The zero-order chi connectivity index (χ0) is 18.2. The molecule has 2 aromatic carbocycles. The van der Waals surface area contributed by atoms with Gasteiger partial charge in [0.25, 0.3) is 0 Å². The van der Waals surface area contributed by atoms with Crippen LogP contribution in [0.2, 0.25) is 0 Å². The van der Waals surface area contributed by atoms with Gasteiger partial charge in [-0.1, -0.05) is 0 Å². The third-order valence-corrected chi connectivity index (χ3v) is 4.84. The summed E-state index contributed by atoms with van der Waals surface area (Å²) in [6, 6.07) is 11.6. The molecule has 0 spiro atoms. The van der Waals surface area contributed by atoms with Gasteiger partial charge < -0.3 is 9.29 Å². The average molecular weight is 398 g/mol. The Morgan fingerprint density at radius 1 is 1.08 bits per heavy atom. The normalized spacial score (nSPS) is 16.9. The molecule has 0 radical (unpaired) electrons. The fourth-order valence-electron chi connectivity index (χ4n) is 2.71. The molecule has 0 fully saturated rings. The third-order valence-electron chi connectivity index (χ3n) is 3.99. The molecule has 1 aliphatic rings. The van der Waals surface area contributed by atoms with Crippen molar-refractivity contribution in [3.8, 4) is 5.75 Å². The first-order valence-electron chi connectivity index (χ1n) is 7.43. The minimum absolute atomic E-state index is 0. The molecule has 2 aromatic rings. The van der Waals surface area contributed by atoms with Gasteiger partial charge in [0.15, 0.2) is 0 Å². The number of hydrogen-bond acceptors (Lipinski definition) is 5. The molecule has 7 nitrogen and oxygen atoms in total. The monoisotopic (exact) mass is 398 g/mol. The van der Waals surface area contributed by atoms with Crippen molar-refractivity contribution in [3.05, 3.63) is 54.1 Å². The Labute approximate surface area is 194 Å². The van der Waals surface area contributed by atoms with E-state index in [4.69, 9.17) is 4.74 Å². The molecule has 1 heterocycles. The molecule has 0 N–H and O–H groups in total. The van der Waals surface area contributed by atoms with E-state index in [9.17, 15) is 17.8 Å². The van der Waals surface area contributed by atoms with Crippen molar-refractivity contribution >= 4 is 27.5 Å². The summed E-state index contributed by atoms with van der Waals surface area (Å²) in [5.74, 6) is 0.701. The quantitative estimate of drug-likeness (QED) is 0.507. The van der Waals surface area contributed by atoms with Gasteiger partial charge >= 0.3 is 57.4 Å². The van der Waals surface area contributed by atoms with Crippen LogP contribution in [0.15, 0.2) is 58.4 Å². The topological polar surface area (TPSA) is 99.1 Å². The van der Waals surface area contributed by atoms with Crippen LogP contribution in [0, 0.1) is 0 Å². The van der Waals surface area contributed by atoms with E-state index < -0.39 is 16.1 Å². The first-order valence-corrected chi connectivity index (χ1v) is 8.84. The van der Waals surface area contributed by atoms with Crippen molar-refractivity contribution in [3.63, 3.8) is 0 Å². The van der Waals surface area contributed by atoms with Crippen molar-refractivity contribution in [2.45, 2.75) is 17.9 Å². The molecule has 3 rings (SSSR count). The maximum absolute atomic E-state index is 12.3. The van der Waals surface area contributed by atoms with E-state index in [1.54, 1.807) is 19.2 Å². The van der Waals surface area contributed by atoms with Crippen LogP contribution < -0.4 is 61.0 Å². The molecule has 1 unspecified atom stereocenters. The number of amides is 2. The van der Waals surface area contributed by atoms with Crippen molar-refractivity contribution in [1.82, 2.24) is 0 Å². The minimum Gasteiger partial charge on any atom is -0.744 e. The smallest absolute Gasteiger partial charge is 0.744 e. The Kier molecular flexibility index (Phi) is 6.78. The van der Waals surface area contributed by atoms with Gasteiger partial charge in [0.05, 0.1) is 23.8 Å². The van der Waals surface area contributed by atoms with Crippen molar-refractivity contribution in [2.24, 2.45) is 4.99 Å². The molecule has 0 bridgehead atoms. The van der Waals surface area contributed by atoms with E-state index in [0.29, 0.717) is 17.1 Å². The summed E-state index contributed by atoms with van der Waals surface area (Å²) in [4.78, 5) is 17.5. The molecule has 26 heavy (non-hydrogen) atoms. The van der Waals surface area contributed by atoms with Gasteiger partial charge in [0.2, 0.25) is 0 Å². The molecule has 1 atom stereocenters. The van der Waals surface area contributed by atoms with E-state index in [2.05, 4.69) is 4.99 Å². The number of carbonyl (C=O) groups excluding carboxylic acids is 1. The number of anilines is 1. The zero-order valence-electron chi connectivity index (χ0n) is 14.5. The van der Waals surface area contributed by atoms with Crippen molar-refractivity contribution < 1.29 is 73.9 Å². The molecular formula is C17H15KN2O5S. The first kappa shape index (κ1) is 21.2. The van der Waals surface area contributed by atoms with Crippen molar-refractivity contribution in [1.29, 1.82) is 0 Å². The first-order chi connectivity index (χ1) is 11.8. The number of nitrogens with zero attached hydrogens (tertiary/aromatic N) is 2. The Balaban J connectivity index is 0.00000243. The summed E-state index contributed by atoms with van der Waals surface area (Å²) < 4.78 is 38.2. The molecule has 130 valence electrons. The molecule has 0 aromatic heterocycles. The number of methoxy groups -OCH3 is 1. The minimum atomic E-state index is -4.52. The van der Waals surface area contributed by atoms with E-state index >= 15 is 0 Å². The summed E-state index contributed by atoms with van der Waals surface area (Å²) in [5, 5.41) is 0. The average Bonchev–Trinajstić information content (AvgIpc) is 2.89. The van der Waals surface area contributed by atoms with Crippen LogP contribution in [0.25, 0.3) is 0 Å². The van der Waals surface area contributed by atoms with E-state index in [1.807, 2.05) is 19.1 Å². The van der Waals surface area contributed by atoms with E-state index in [-0.39, 0.29) is 62.3 Å². The second-order valence-electron chi connectivity index (χ2n) is 5.50. The van der Waals surface area contributed by atoms with E-state index in [1.165, 1.54) is 29.2 Å². The predicted molar refractivity (Wildman–Crippen MR) is 91.3 cm³/mol. The summed E-state index contributed by atoms with van der Waals surface area (Å²) in [6.45, 7) is 1.83. The summed E-state index contributed by atoms with van der Waals surface area (Å²) in [5.41, 5.74) is 1.87. The number of carbonyl (C=O) groups is 1. The van der Waals surface area contributed by atoms with Crippen LogP contribution in [0.4, 0.5) is 10.5 Å². The second kappa shape index (κ2) is 8.30. The molecule has 0 saturated heterocycles. The number of benzene rings is 2. The summed E-state index contributed by atoms with van der Waals surface area (Å²) in [7, 11) is -2.95. The molecular weight excluding hydrogens is 383 g/mol. The largest absolute Gasteiger partial charge is 1.00 e. The third kappa shape index (κ3) is 4.25. The fraction of sp³-hybridized carbons (Fsp3) is 0.176. The fourth-order valence-corrected chi connectivity index (χ4v) is 3.18. The maximum atomic E-state index is 12.3. The zero-order valence-corrected chi connectivity index (χ0v) is 18.5. The molecule has 9 heteroatoms. The van der Waals surface area contributed by atoms with Crippen LogP contribution in [0.5, 0.6) is 5.75 Å². The summed E-state index contributed by atoms with van der Waals surface area (Å²) in [6.07, 6.45) is 0. The molecule has 1 aliphatic heterocycles. The number of urea groups is 1. The Morgan fingerprint density at radius 3 is 2.15 bits per heavy atom. The maximum Gasteiger partial charge on any atom is 1.00 e. The number of ether oxygens (including phenoxy) is 1. The Hall–Kier alpha value is -1.07. The number of aliphatic imine (C=N–C) groups is 1. The van der Waals surface area contributed by atoms with Gasteiger partial charge in [0.1, 0.15) is 15.9 Å². The Morgan fingerprint density at radius 2 is 1.65 bits per heavy atom. The second-order valence-corrected chi connectivity index (χ2v) is 6.88. The van der Waals surface area contributed by atoms with Crippen molar-refractivity contribution in [2.75, 3.05) is 12.0 Å². The number of rotatable bonds is 4. The standard InChI is InChI=1S/C17H16N2O5S.K/c1-11-16(12-3-7-14(24-2)8-4-12)18-17(20)19(11)13-5-9-15(10-6-13)25(21,22)23;/h3-11H,1-2H3,(H,21,22,23);/q;+1/p-1. The van der Waals surface area contributed by atoms with Gasteiger partial charge in [-0.05, 0) is 61.0 Å². The van der Waals surface area contributed by atoms with Gasteiger partial charge in [-0.25, -0.2) is 13.2 Å². The molecule has 2 amide bonds. The predicted octanol–water partition coefficient (Wildman–Crippen LogP) is -0.579. The van der Waals surface area contributed by atoms with Crippen LogP contribution in [-0.4, -0.2) is 37.9 Å². The van der Waals surface area contributed by atoms with Gasteiger partial charge in [-0.2, -0.15) is 4.99 Å². The molecule has 0 saturated carbocycles. The number of hydrogen-bond donors (Lipinski definition) is 0. The van der Waals surface area contributed by atoms with Crippen LogP contribution >= 0.6 is 0 Å².